The lowest BCUT2D eigenvalue weighted by atomic mass is 10.1. The predicted molar refractivity (Wildman–Crippen MR) is 110 cm³/mol. The number of non-ortho nitro benzene ring substituents is 1. The molecule has 0 amide bonds. The molecule has 0 atom stereocenters. The normalized spacial score (nSPS) is 14.9. The fraction of sp³-hybridized carbons (Fsp3) is 0.381. The SMILES string of the molecule is COC(=O)c1cc([N+](=O)[O-])ccc1N1CCCN(Cc2ccc(OC)cc2)CC1. The first-order valence-electron chi connectivity index (χ1n) is 9.49. The van der Waals surface area contributed by atoms with E-state index >= 15 is 0 Å². The summed E-state index contributed by atoms with van der Waals surface area (Å²) >= 11 is 0. The average Bonchev–Trinajstić information content (AvgIpc) is 2.98. The Morgan fingerprint density at radius 1 is 1.07 bits per heavy atom. The molecule has 0 N–H and O–H groups in total. The summed E-state index contributed by atoms with van der Waals surface area (Å²) in [6.07, 6.45) is 0.924. The number of ether oxygens (including phenoxy) is 2. The molecule has 154 valence electrons. The largest absolute Gasteiger partial charge is 0.497 e. The number of nitro benzene ring substituents is 1. The number of carbonyl (C=O) groups is 1. The van der Waals surface area contributed by atoms with E-state index in [1.165, 1.54) is 24.8 Å². The Bertz CT molecular complexity index is 869. The molecule has 29 heavy (non-hydrogen) atoms. The van der Waals surface area contributed by atoms with Crippen LogP contribution in [0.5, 0.6) is 5.75 Å². The summed E-state index contributed by atoms with van der Waals surface area (Å²) < 4.78 is 10.0. The molecule has 0 bridgehead atoms. The van der Waals surface area contributed by atoms with Gasteiger partial charge in [-0.1, -0.05) is 12.1 Å². The van der Waals surface area contributed by atoms with Crippen LogP contribution >= 0.6 is 0 Å². The quantitative estimate of drug-likeness (QED) is 0.419. The number of nitro groups is 1. The Hall–Kier alpha value is -3.13. The maximum atomic E-state index is 12.2. The van der Waals surface area contributed by atoms with Gasteiger partial charge < -0.3 is 14.4 Å². The van der Waals surface area contributed by atoms with Gasteiger partial charge in [0, 0.05) is 44.9 Å². The van der Waals surface area contributed by atoms with Gasteiger partial charge in [-0.05, 0) is 30.2 Å². The number of esters is 1. The Morgan fingerprint density at radius 2 is 1.83 bits per heavy atom. The first-order chi connectivity index (χ1) is 14.0. The van der Waals surface area contributed by atoms with Gasteiger partial charge in [0.25, 0.3) is 5.69 Å². The molecular weight excluding hydrogens is 374 g/mol. The molecule has 1 aliphatic heterocycles. The number of rotatable bonds is 6. The molecule has 0 radical (unpaired) electrons. The van der Waals surface area contributed by atoms with Crippen molar-refractivity contribution in [2.24, 2.45) is 0 Å². The predicted octanol–water partition coefficient (Wildman–Crippen LogP) is 3.10. The summed E-state index contributed by atoms with van der Waals surface area (Å²) in [5.41, 5.74) is 1.99. The highest BCUT2D eigenvalue weighted by Crippen LogP contribution is 2.27. The van der Waals surface area contributed by atoms with E-state index in [9.17, 15) is 14.9 Å². The number of hydrogen-bond acceptors (Lipinski definition) is 7. The van der Waals surface area contributed by atoms with Crippen molar-refractivity contribution in [3.05, 3.63) is 63.7 Å². The molecule has 1 saturated heterocycles. The molecule has 1 fully saturated rings. The fourth-order valence-electron chi connectivity index (χ4n) is 3.55. The van der Waals surface area contributed by atoms with E-state index in [1.54, 1.807) is 13.2 Å². The standard InChI is InChI=1S/C21H25N3O5/c1-28-18-7-4-16(5-8-18)15-22-10-3-11-23(13-12-22)20-9-6-17(24(26)27)14-19(20)21(25)29-2/h4-9,14H,3,10-13,15H2,1-2H3. The number of carbonyl (C=O) groups excluding carboxylic acids is 1. The first kappa shape index (κ1) is 20.6. The van der Waals surface area contributed by atoms with Crippen LogP contribution in [0.25, 0.3) is 0 Å². The zero-order chi connectivity index (χ0) is 20.8. The highest BCUT2D eigenvalue weighted by molar-refractivity contribution is 5.96. The third-order valence-corrected chi connectivity index (χ3v) is 5.09. The van der Waals surface area contributed by atoms with Crippen LogP contribution in [0.1, 0.15) is 22.3 Å². The monoisotopic (exact) mass is 399 g/mol. The summed E-state index contributed by atoms with van der Waals surface area (Å²) in [4.78, 5) is 27.3. The smallest absolute Gasteiger partial charge is 0.340 e. The van der Waals surface area contributed by atoms with E-state index in [4.69, 9.17) is 9.47 Å². The van der Waals surface area contributed by atoms with Gasteiger partial charge in [0.15, 0.2) is 0 Å². The van der Waals surface area contributed by atoms with Gasteiger partial charge in [-0.15, -0.1) is 0 Å². The number of benzene rings is 2. The van der Waals surface area contributed by atoms with Gasteiger partial charge >= 0.3 is 5.97 Å². The maximum Gasteiger partial charge on any atom is 0.340 e. The van der Waals surface area contributed by atoms with E-state index in [1.807, 2.05) is 12.1 Å². The molecule has 8 heteroatoms. The fourth-order valence-corrected chi connectivity index (χ4v) is 3.55. The van der Waals surface area contributed by atoms with Gasteiger partial charge in [-0.3, -0.25) is 15.0 Å². The van der Waals surface area contributed by atoms with Crippen LogP contribution in [-0.2, 0) is 11.3 Å². The van der Waals surface area contributed by atoms with Gasteiger partial charge in [-0.25, -0.2) is 4.79 Å². The lowest BCUT2D eigenvalue weighted by Crippen LogP contribution is -2.31. The minimum atomic E-state index is -0.567. The van der Waals surface area contributed by atoms with E-state index < -0.39 is 10.9 Å². The van der Waals surface area contributed by atoms with Crippen molar-refractivity contribution in [1.29, 1.82) is 0 Å². The average molecular weight is 399 g/mol. The third kappa shape index (κ3) is 5.03. The molecule has 0 spiro atoms. The van der Waals surface area contributed by atoms with Crippen molar-refractivity contribution in [2.45, 2.75) is 13.0 Å². The van der Waals surface area contributed by atoms with E-state index in [2.05, 4.69) is 21.9 Å². The van der Waals surface area contributed by atoms with Crippen molar-refractivity contribution < 1.29 is 19.2 Å². The highest BCUT2D eigenvalue weighted by atomic mass is 16.6. The Kier molecular flexibility index (Phi) is 6.66. The first-order valence-corrected chi connectivity index (χ1v) is 9.49. The lowest BCUT2D eigenvalue weighted by Gasteiger charge is -2.25. The van der Waals surface area contributed by atoms with E-state index in [0.29, 0.717) is 5.69 Å². The van der Waals surface area contributed by atoms with Crippen LogP contribution in [0.3, 0.4) is 0 Å². The summed E-state index contributed by atoms with van der Waals surface area (Å²) in [6.45, 7) is 4.08. The third-order valence-electron chi connectivity index (χ3n) is 5.09. The topological polar surface area (TPSA) is 85.1 Å². The minimum absolute atomic E-state index is 0.120. The van der Waals surface area contributed by atoms with Crippen molar-refractivity contribution >= 4 is 17.3 Å². The van der Waals surface area contributed by atoms with Crippen LogP contribution in [-0.4, -0.2) is 56.2 Å². The Labute approximate surface area is 169 Å². The van der Waals surface area contributed by atoms with Gasteiger partial charge in [0.1, 0.15) is 5.75 Å². The second-order valence-corrected chi connectivity index (χ2v) is 6.91. The van der Waals surface area contributed by atoms with Crippen LogP contribution in [0.2, 0.25) is 0 Å². The molecule has 0 unspecified atom stereocenters. The summed E-state index contributed by atoms with van der Waals surface area (Å²) in [5, 5.41) is 11.1. The van der Waals surface area contributed by atoms with Crippen molar-refractivity contribution in [2.75, 3.05) is 45.3 Å². The van der Waals surface area contributed by atoms with E-state index in [0.717, 1.165) is 44.9 Å². The Balaban J connectivity index is 1.73. The molecule has 0 aliphatic carbocycles. The second kappa shape index (κ2) is 9.38. The zero-order valence-corrected chi connectivity index (χ0v) is 16.7. The van der Waals surface area contributed by atoms with Gasteiger partial charge in [0.2, 0.25) is 0 Å². The van der Waals surface area contributed by atoms with E-state index in [-0.39, 0.29) is 11.3 Å². The molecule has 2 aromatic rings. The molecule has 0 aromatic heterocycles. The van der Waals surface area contributed by atoms with Crippen LogP contribution < -0.4 is 9.64 Å². The summed E-state index contributed by atoms with van der Waals surface area (Å²) in [6, 6.07) is 12.4. The van der Waals surface area contributed by atoms with Crippen LogP contribution in [0.4, 0.5) is 11.4 Å². The molecule has 8 nitrogen and oxygen atoms in total. The number of nitrogens with zero attached hydrogens (tertiary/aromatic N) is 3. The zero-order valence-electron chi connectivity index (χ0n) is 16.7. The number of anilines is 1. The second-order valence-electron chi connectivity index (χ2n) is 6.91. The summed E-state index contributed by atoms with van der Waals surface area (Å²) in [7, 11) is 2.93. The van der Waals surface area contributed by atoms with Gasteiger partial charge in [-0.2, -0.15) is 0 Å². The highest BCUT2D eigenvalue weighted by Gasteiger charge is 2.23. The molecular formula is C21H25N3O5. The number of hydrogen-bond donors (Lipinski definition) is 0. The summed E-state index contributed by atoms with van der Waals surface area (Å²) in [5.74, 6) is 0.271. The lowest BCUT2D eigenvalue weighted by molar-refractivity contribution is -0.384. The van der Waals surface area contributed by atoms with Crippen LogP contribution in [0, 0.1) is 10.1 Å². The molecule has 1 heterocycles. The maximum absolute atomic E-state index is 12.2. The Morgan fingerprint density at radius 3 is 2.48 bits per heavy atom. The minimum Gasteiger partial charge on any atom is -0.497 e. The molecule has 3 rings (SSSR count). The van der Waals surface area contributed by atoms with Crippen molar-refractivity contribution in [1.82, 2.24) is 4.90 Å². The van der Waals surface area contributed by atoms with Crippen molar-refractivity contribution in [3.63, 3.8) is 0 Å². The van der Waals surface area contributed by atoms with Crippen molar-refractivity contribution in [3.8, 4) is 5.75 Å². The number of methoxy groups -OCH3 is 2. The molecule has 2 aromatic carbocycles. The van der Waals surface area contributed by atoms with Gasteiger partial charge in [0.05, 0.1) is 30.4 Å². The van der Waals surface area contributed by atoms with Crippen LogP contribution in [0.15, 0.2) is 42.5 Å². The molecule has 0 saturated carbocycles. The molecule has 1 aliphatic rings.